The van der Waals surface area contributed by atoms with Gasteiger partial charge in [0.25, 0.3) is 10.0 Å². The molecule has 8 heteroatoms. The highest BCUT2D eigenvalue weighted by atomic mass is 32.2. The lowest BCUT2D eigenvalue weighted by Gasteiger charge is -2.14. The smallest absolute Gasteiger partial charge is 0.262 e. The Kier molecular flexibility index (Phi) is 5.87. The molecule has 0 saturated heterocycles. The number of carbonyl (C=O) groups is 1. The van der Waals surface area contributed by atoms with Crippen LogP contribution in [0.3, 0.4) is 0 Å². The van der Waals surface area contributed by atoms with E-state index in [2.05, 4.69) is 15.0 Å². The first-order valence-electron chi connectivity index (χ1n) is 9.99. The maximum atomic E-state index is 13.0. The van der Waals surface area contributed by atoms with Crippen LogP contribution in [0.5, 0.6) is 5.75 Å². The van der Waals surface area contributed by atoms with Crippen LogP contribution in [0, 0.1) is 6.92 Å². The number of aryl methyl sites for hydroxylation is 1. The van der Waals surface area contributed by atoms with E-state index < -0.39 is 10.0 Å². The highest BCUT2D eigenvalue weighted by Crippen LogP contribution is 2.28. The number of fused-ring (bicyclic) bond motifs is 1. The van der Waals surface area contributed by atoms with Crippen LogP contribution in [-0.2, 0) is 21.2 Å². The molecule has 32 heavy (non-hydrogen) atoms. The Bertz CT molecular complexity index is 1390. The SMILES string of the molecule is COc1ccccc1NS(=O)(=O)c1cc(NC(=O)Cc2c[nH]c3ccccc23)ccc1C. The molecule has 0 fully saturated rings. The van der Waals surface area contributed by atoms with Gasteiger partial charge in [-0.2, -0.15) is 0 Å². The van der Waals surface area contributed by atoms with Crippen molar-refractivity contribution >= 4 is 38.2 Å². The zero-order chi connectivity index (χ0) is 22.7. The number of sulfonamides is 1. The number of ether oxygens (including phenoxy) is 1. The van der Waals surface area contributed by atoms with Crippen molar-refractivity contribution in [2.24, 2.45) is 0 Å². The summed E-state index contributed by atoms with van der Waals surface area (Å²) >= 11 is 0. The van der Waals surface area contributed by atoms with Crippen LogP contribution in [0.1, 0.15) is 11.1 Å². The van der Waals surface area contributed by atoms with Gasteiger partial charge in [-0.25, -0.2) is 8.42 Å². The minimum atomic E-state index is -3.90. The maximum Gasteiger partial charge on any atom is 0.262 e. The molecule has 0 saturated carbocycles. The van der Waals surface area contributed by atoms with Gasteiger partial charge in [0.15, 0.2) is 0 Å². The molecule has 1 aromatic heterocycles. The topological polar surface area (TPSA) is 100 Å². The summed E-state index contributed by atoms with van der Waals surface area (Å²) in [5.41, 5.74) is 3.13. The van der Waals surface area contributed by atoms with E-state index in [0.717, 1.165) is 16.5 Å². The number of hydrogen-bond acceptors (Lipinski definition) is 4. The van der Waals surface area contributed by atoms with Crippen LogP contribution in [0.2, 0.25) is 0 Å². The Morgan fingerprint density at radius 1 is 1.03 bits per heavy atom. The minimum absolute atomic E-state index is 0.0771. The molecule has 0 aliphatic rings. The number of aromatic amines is 1. The van der Waals surface area contributed by atoms with Crippen molar-refractivity contribution in [1.82, 2.24) is 4.98 Å². The van der Waals surface area contributed by atoms with Crippen molar-refractivity contribution in [3.05, 3.63) is 84.1 Å². The predicted molar refractivity (Wildman–Crippen MR) is 126 cm³/mol. The second-order valence-corrected chi connectivity index (χ2v) is 9.02. The van der Waals surface area contributed by atoms with E-state index in [1.54, 1.807) is 43.3 Å². The quantitative estimate of drug-likeness (QED) is 0.388. The van der Waals surface area contributed by atoms with Crippen LogP contribution >= 0.6 is 0 Å². The van der Waals surface area contributed by atoms with E-state index in [4.69, 9.17) is 4.74 Å². The number of carbonyl (C=O) groups excluding carboxylic acids is 1. The number of rotatable bonds is 7. The summed E-state index contributed by atoms with van der Waals surface area (Å²) in [6, 6.07) is 19.3. The van der Waals surface area contributed by atoms with Crippen LogP contribution in [0.15, 0.2) is 77.8 Å². The molecule has 164 valence electrons. The number of nitrogens with one attached hydrogen (secondary N) is 3. The first-order chi connectivity index (χ1) is 15.4. The summed E-state index contributed by atoms with van der Waals surface area (Å²) in [6.07, 6.45) is 1.98. The normalized spacial score (nSPS) is 11.3. The van der Waals surface area contributed by atoms with Crippen molar-refractivity contribution in [1.29, 1.82) is 0 Å². The van der Waals surface area contributed by atoms with E-state index in [-0.39, 0.29) is 17.2 Å². The molecule has 3 N–H and O–H groups in total. The summed E-state index contributed by atoms with van der Waals surface area (Å²) in [5, 5.41) is 3.78. The fourth-order valence-corrected chi connectivity index (χ4v) is 4.89. The Labute approximate surface area is 186 Å². The summed E-state index contributed by atoms with van der Waals surface area (Å²) in [6.45, 7) is 1.70. The molecule has 0 bridgehead atoms. The third kappa shape index (κ3) is 4.45. The average molecular weight is 450 g/mol. The number of hydrogen-bond donors (Lipinski definition) is 3. The number of amides is 1. The van der Waals surface area contributed by atoms with Gasteiger partial charge in [0, 0.05) is 22.8 Å². The molecule has 0 aliphatic heterocycles. The standard InChI is InChI=1S/C24H23N3O4S/c1-16-11-12-18(26-24(28)13-17-15-25-20-8-4-3-7-19(17)20)14-23(16)32(29,30)27-21-9-5-6-10-22(21)31-2/h3-12,14-15,25,27H,13H2,1-2H3,(H,26,28). The van der Waals surface area contributed by atoms with Crippen molar-refractivity contribution in [3.63, 3.8) is 0 Å². The molecule has 1 amide bonds. The zero-order valence-corrected chi connectivity index (χ0v) is 18.5. The predicted octanol–water partition coefficient (Wildman–Crippen LogP) is 4.47. The molecular weight excluding hydrogens is 426 g/mol. The monoisotopic (exact) mass is 449 g/mol. The summed E-state index contributed by atoms with van der Waals surface area (Å²) in [5.74, 6) is 0.177. The molecule has 0 aliphatic carbocycles. The van der Waals surface area contributed by atoms with Gasteiger partial charge in [-0.05, 0) is 48.4 Å². The number of benzene rings is 3. The zero-order valence-electron chi connectivity index (χ0n) is 17.7. The third-order valence-electron chi connectivity index (χ3n) is 5.14. The molecule has 7 nitrogen and oxygen atoms in total. The van der Waals surface area contributed by atoms with Gasteiger partial charge < -0.3 is 15.0 Å². The Morgan fingerprint density at radius 3 is 2.59 bits per heavy atom. The van der Waals surface area contributed by atoms with Gasteiger partial charge in [-0.15, -0.1) is 0 Å². The lowest BCUT2D eigenvalue weighted by atomic mass is 10.1. The fourth-order valence-electron chi connectivity index (χ4n) is 3.55. The Hall–Kier alpha value is -3.78. The number of para-hydroxylation sites is 3. The molecule has 4 rings (SSSR count). The largest absolute Gasteiger partial charge is 0.495 e. The molecule has 0 spiro atoms. The van der Waals surface area contributed by atoms with Gasteiger partial charge in [-0.1, -0.05) is 36.4 Å². The van der Waals surface area contributed by atoms with Gasteiger partial charge >= 0.3 is 0 Å². The molecule has 3 aromatic carbocycles. The number of anilines is 2. The third-order valence-corrected chi connectivity index (χ3v) is 6.65. The summed E-state index contributed by atoms with van der Waals surface area (Å²) in [7, 11) is -2.43. The van der Waals surface area contributed by atoms with E-state index in [1.807, 2.05) is 30.5 Å². The van der Waals surface area contributed by atoms with Crippen LogP contribution in [-0.4, -0.2) is 26.4 Å². The first-order valence-corrected chi connectivity index (χ1v) is 11.5. The highest BCUT2D eigenvalue weighted by molar-refractivity contribution is 7.92. The van der Waals surface area contributed by atoms with Crippen LogP contribution in [0.4, 0.5) is 11.4 Å². The van der Waals surface area contributed by atoms with Crippen molar-refractivity contribution in [3.8, 4) is 5.75 Å². The minimum Gasteiger partial charge on any atom is -0.495 e. The molecule has 0 unspecified atom stereocenters. The fraction of sp³-hybridized carbons (Fsp3) is 0.125. The van der Waals surface area contributed by atoms with Gasteiger partial charge in [0.05, 0.1) is 24.1 Å². The maximum absolute atomic E-state index is 13.0. The second-order valence-electron chi connectivity index (χ2n) is 7.37. The van der Waals surface area contributed by atoms with Crippen molar-refractivity contribution < 1.29 is 17.9 Å². The second kappa shape index (κ2) is 8.76. The van der Waals surface area contributed by atoms with E-state index in [9.17, 15) is 13.2 Å². The van der Waals surface area contributed by atoms with Crippen molar-refractivity contribution in [2.45, 2.75) is 18.2 Å². The van der Waals surface area contributed by atoms with E-state index in [0.29, 0.717) is 22.7 Å². The summed E-state index contributed by atoms with van der Waals surface area (Å²) < 4.78 is 33.9. The Morgan fingerprint density at radius 2 is 1.78 bits per heavy atom. The van der Waals surface area contributed by atoms with Gasteiger partial charge in [0.1, 0.15) is 5.75 Å². The van der Waals surface area contributed by atoms with Gasteiger partial charge in [0.2, 0.25) is 5.91 Å². The van der Waals surface area contributed by atoms with E-state index >= 15 is 0 Å². The molecule has 1 heterocycles. The lowest BCUT2D eigenvalue weighted by molar-refractivity contribution is -0.115. The van der Waals surface area contributed by atoms with E-state index in [1.165, 1.54) is 13.2 Å². The lowest BCUT2D eigenvalue weighted by Crippen LogP contribution is -2.17. The van der Waals surface area contributed by atoms with Crippen LogP contribution < -0.4 is 14.8 Å². The van der Waals surface area contributed by atoms with Crippen LogP contribution in [0.25, 0.3) is 10.9 Å². The Balaban J connectivity index is 1.55. The number of H-pyrrole nitrogens is 1. The molecule has 0 atom stereocenters. The first kappa shape index (κ1) is 21.5. The molecular formula is C24H23N3O4S. The molecule has 4 aromatic rings. The van der Waals surface area contributed by atoms with Gasteiger partial charge in [-0.3, -0.25) is 9.52 Å². The number of aromatic nitrogens is 1. The highest BCUT2D eigenvalue weighted by Gasteiger charge is 2.20. The number of methoxy groups -OCH3 is 1. The van der Waals surface area contributed by atoms with Crippen molar-refractivity contribution in [2.75, 3.05) is 17.1 Å². The molecule has 0 radical (unpaired) electrons. The summed E-state index contributed by atoms with van der Waals surface area (Å²) in [4.78, 5) is 15.9. The average Bonchev–Trinajstić information content (AvgIpc) is 3.18.